The van der Waals surface area contributed by atoms with Gasteiger partial charge in [0.25, 0.3) is 5.91 Å². The van der Waals surface area contributed by atoms with Crippen LogP contribution in [0.15, 0.2) is 24.3 Å². The zero-order valence-electron chi connectivity index (χ0n) is 14.2. The van der Waals surface area contributed by atoms with Gasteiger partial charge in [0.15, 0.2) is 13.2 Å². The summed E-state index contributed by atoms with van der Waals surface area (Å²) in [5.41, 5.74) is 0. The molecule has 6 heteroatoms. The molecule has 0 spiro atoms. The predicted octanol–water partition coefficient (Wildman–Crippen LogP) is 2.31. The van der Waals surface area contributed by atoms with Crippen LogP contribution in [0, 0.1) is 5.92 Å². The van der Waals surface area contributed by atoms with Crippen molar-refractivity contribution in [3.8, 4) is 11.5 Å². The topological polar surface area (TPSA) is 73.9 Å². The monoisotopic (exact) mass is 335 g/mol. The van der Waals surface area contributed by atoms with Crippen LogP contribution < -0.4 is 14.8 Å². The second kappa shape index (κ2) is 9.15. The van der Waals surface area contributed by atoms with E-state index in [0.717, 1.165) is 19.3 Å². The molecule has 132 valence electrons. The van der Waals surface area contributed by atoms with E-state index in [2.05, 4.69) is 12.2 Å². The van der Waals surface area contributed by atoms with E-state index in [1.54, 1.807) is 31.4 Å². The molecular weight excluding hydrogens is 310 g/mol. The first-order chi connectivity index (χ1) is 11.6. The first kappa shape index (κ1) is 18.1. The van der Waals surface area contributed by atoms with Gasteiger partial charge >= 0.3 is 5.97 Å². The van der Waals surface area contributed by atoms with Crippen molar-refractivity contribution in [3.05, 3.63) is 24.3 Å². The van der Waals surface area contributed by atoms with E-state index in [-0.39, 0.29) is 25.2 Å². The molecule has 1 aliphatic rings. The molecule has 1 N–H and O–H groups in total. The van der Waals surface area contributed by atoms with Crippen molar-refractivity contribution in [2.75, 3.05) is 20.3 Å². The van der Waals surface area contributed by atoms with E-state index in [1.165, 1.54) is 6.42 Å². The molecule has 1 aliphatic carbocycles. The summed E-state index contributed by atoms with van der Waals surface area (Å²) < 4.78 is 15.3. The summed E-state index contributed by atoms with van der Waals surface area (Å²) >= 11 is 0. The van der Waals surface area contributed by atoms with Crippen LogP contribution in [0.25, 0.3) is 0 Å². The van der Waals surface area contributed by atoms with E-state index >= 15 is 0 Å². The minimum Gasteiger partial charge on any atom is -0.497 e. The van der Waals surface area contributed by atoms with Gasteiger partial charge in [-0.15, -0.1) is 0 Å². The first-order valence-corrected chi connectivity index (χ1v) is 8.30. The molecule has 0 radical (unpaired) electrons. The Morgan fingerprint density at radius 2 is 1.75 bits per heavy atom. The second-order valence-electron chi connectivity index (χ2n) is 6.06. The lowest BCUT2D eigenvalue weighted by molar-refractivity contribution is -0.150. The van der Waals surface area contributed by atoms with Crippen molar-refractivity contribution < 1.29 is 23.8 Å². The number of carbonyl (C=O) groups excluding carboxylic acids is 2. The smallest absolute Gasteiger partial charge is 0.344 e. The molecule has 0 bridgehead atoms. The summed E-state index contributed by atoms with van der Waals surface area (Å²) in [4.78, 5) is 23.5. The van der Waals surface area contributed by atoms with Gasteiger partial charge in [0, 0.05) is 6.04 Å². The second-order valence-corrected chi connectivity index (χ2v) is 6.06. The van der Waals surface area contributed by atoms with Gasteiger partial charge in [-0.1, -0.05) is 19.8 Å². The van der Waals surface area contributed by atoms with Gasteiger partial charge < -0.3 is 19.5 Å². The number of hydrogen-bond donors (Lipinski definition) is 1. The third kappa shape index (κ3) is 5.76. The third-order valence-corrected chi connectivity index (χ3v) is 4.24. The minimum atomic E-state index is -0.572. The quantitative estimate of drug-likeness (QED) is 0.774. The molecule has 1 aromatic rings. The van der Waals surface area contributed by atoms with Crippen molar-refractivity contribution >= 4 is 11.9 Å². The first-order valence-electron chi connectivity index (χ1n) is 8.30. The zero-order chi connectivity index (χ0) is 17.4. The van der Waals surface area contributed by atoms with Crippen molar-refractivity contribution in [3.63, 3.8) is 0 Å². The number of benzene rings is 1. The van der Waals surface area contributed by atoms with Crippen LogP contribution in [-0.2, 0) is 14.3 Å². The Balaban J connectivity index is 1.65. The van der Waals surface area contributed by atoms with Crippen LogP contribution >= 0.6 is 0 Å². The number of carbonyl (C=O) groups is 2. The van der Waals surface area contributed by atoms with E-state index in [4.69, 9.17) is 14.2 Å². The number of methoxy groups -OCH3 is 1. The van der Waals surface area contributed by atoms with Crippen molar-refractivity contribution in [2.45, 2.75) is 38.6 Å². The highest BCUT2D eigenvalue weighted by molar-refractivity contribution is 5.81. The van der Waals surface area contributed by atoms with Crippen molar-refractivity contribution in [1.82, 2.24) is 5.32 Å². The molecule has 1 fully saturated rings. The molecule has 0 saturated heterocycles. The molecule has 1 saturated carbocycles. The fourth-order valence-electron chi connectivity index (χ4n) is 2.78. The van der Waals surface area contributed by atoms with E-state index in [9.17, 15) is 9.59 Å². The Bertz CT molecular complexity index is 543. The minimum absolute atomic E-state index is 0.181. The van der Waals surface area contributed by atoms with Crippen LogP contribution in [-0.4, -0.2) is 38.2 Å². The van der Waals surface area contributed by atoms with Gasteiger partial charge in [-0.25, -0.2) is 4.79 Å². The average Bonchev–Trinajstić information content (AvgIpc) is 2.60. The van der Waals surface area contributed by atoms with Crippen molar-refractivity contribution in [2.24, 2.45) is 5.92 Å². The van der Waals surface area contributed by atoms with Gasteiger partial charge in [-0.2, -0.15) is 0 Å². The maximum Gasteiger partial charge on any atom is 0.344 e. The highest BCUT2D eigenvalue weighted by Crippen LogP contribution is 2.23. The highest BCUT2D eigenvalue weighted by Gasteiger charge is 2.23. The Labute approximate surface area is 142 Å². The van der Waals surface area contributed by atoms with Crippen molar-refractivity contribution in [1.29, 1.82) is 0 Å². The largest absolute Gasteiger partial charge is 0.497 e. The summed E-state index contributed by atoms with van der Waals surface area (Å²) in [6, 6.07) is 7.05. The maximum atomic E-state index is 11.9. The SMILES string of the molecule is COc1ccc(OCC(=O)OCC(=O)N[C@H]2CCCC[C@@H]2C)cc1. The van der Waals surface area contributed by atoms with Gasteiger partial charge in [-0.05, 0) is 43.0 Å². The molecule has 24 heavy (non-hydrogen) atoms. The lowest BCUT2D eigenvalue weighted by atomic mass is 9.86. The van der Waals surface area contributed by atoms with Gasteiger partial charge in [0.2, 0.25) is 0 Å². The lowest BCUT2D eigenvalue weighted by Gasteiger charge is -2.29. The number of amides is 1. The molecule has 2 rings (SSSR count). The van der Waals surface area contributed by atoms with Crippen LogP contribution in [0.4, 0.5) is 0 Å². The van der Waals surface area contributed by atoms with E-state index in [1.807, 2.05) is 0 Å². The summed E-state index contributed by atoms with van der Waals surface area (Å²) in [7, 11) is 1.58. The van der Waals surface area contributed by atoms with Gasteiger partial charge in [0.1, 0.15) is 11.5 Å². The lowest BCUT2D eigenvalue weighted by Crippen LogP contribution is -2.43. The highest BCUT2D eigenvalue weighted by atomic mass is 16.6. The summed E-state index contributed by atoms with van der Waals surface area (Å²) in [5.74, 6) is 0.882. The molecule has 1 aromatic carbocycles. The summed E-state index contributed by atoms with van der Waals surface area (Å²) in [6.45, 7) is 1.63. The standard InChI is InChI=1S/C18H25NO5/c1-13-5-3-4-6-16(13)19-17(20)11-24-18(21)12-23-15-9-7-14(22-2)8-10-15/h7-10,13,16H,3-6,11-12H2,1-2H3,(H,19,20)/t13-,16-/m0/s1. The number of ether oxygens (including phenoxy) is 3. The Kier molecular flexibility index (Phi) is 6.90. The fraction of sp³-hybridized carbons (Fsp3) is 0.556. The summed E-state index contributed by atoms with van der Waals surface area (Å²) in [6.07, 6.45) is 4.46. The normalized spacial score (nSPS) is 20.1. The number of nitrogens with one attached hydrogen (secondary N) is 1. The van der Waals surface area contributed by atoms with E-state index in [0.29, 0.717) is 17.4 Å². The molecule has 2 atom stereocenters. The Morgan fingerprint density at radius 1 is 1.08 bits per heavy atom. The number of rotatable bonds is 7. The molecule has 0 aromatic heterocycles. The predicted molar refractivity (Wildman–Crippen MR) is 89.0 cm³/mol. The van der Waals surface area contributed by atoms with Crippen LogP contribution in [0.2, 0.25) is 0 Å². The molecule has 1 amide bonds. The Hall–Kier alpha value is -2.24. The van der Waals surface area contributed by atoms with Crippen LogP contribution in [0.3, 0.4) is 0 Å². The maximum absolute atomic E-state index is 11.9. The molecule has 6 nitrogen and oxygen atoms in total. The third-order valence-electron chi connectivity index (χ3n) is 4.24. The molecular formula is C18H25NO5. The average molecular weight is 335 g/mol. The zero-order valence-corrected chi connectivity index (χ0v) is 14.2. The van der Waals surface area contributed by atoms with Crippen LogP contribution in [0.1, 0.15) is 32.6 Å². The summed E-state index contributed by atoms with van der Waals surface area (Å²) in [5, 5.41) is 2.94. The van der Waals surface area contributed by atoms with Crippen LogP contribution in [0.5, 0.6) is 11.5 Å². The molecule has 0 heterocycles. The number of hydrogen-bond acceptors (Lipinski definition) is 5. The van der Waals surface area contributed by atoms with E-state index < -0.39 is 5.97 Å². The fourth-order valence-corrected chi connectivity index (χ4v) is 2.78. The molecule has 0 unspecified atom stereocenters. The van der Waals surface area contributed by atoms with Gasteiger partial charge in [-0.3, -0.25) is 4.79 Å². The number of esters is 1. The molecule has 0 aliphatic heterocycles. The van der Waals surface area contributed by atoms with Gasteiger partial charge in [0.05, 0.1) is 7.11 Å². The Morgan fingerprint density at radius 3 is 2.42 bits per heavy atom.